The second kappa shape index (κ2) is 7.19. The second-order valence-electron chi connectivity index (χ2n) is 6.81. The number of aryl methyl sites for hydroxylation is 1. The van der Waals surface area contributed by atoms with Crippen LogP contribution >= 0.6 is 0 Å². The number of nitrogens with zero attached hydrogens (tertiary/aromatic N) is 4. The fraction of sp³-hybridized carbons (Fsp3) is 0.421. The Morgan fingerprint density at radius 3 is 2.84 bits per heavy atom. The van der Waals surface area contributed by atoms with Gasteiger partial charge in [0.05, 0.1) is 0 Å². The Bertz CT molecular complexity index is 774. The van der Waals surface area contributed by atoms with Crippen LogP contribution in [0.4, 0.5) is 11.6 Å². The Morgan fingerprint density at radius 1 is 1.32 bits per heavy atom. The molecule has 6 nitrogen and oxygen atoms in total. The summed E-state index contributed by atoms with van der Waals surface area (Å²) in [7, 11) is 4.03. The number of carbonyl (C=O) groups excluding carboxylic acids is 1. The number of benzene rings is 1. The first-order valence-electron chi connectivity index (χ1n) is 8.61. The Balaban J connectivity index is 1.84. The van der Waals surface area contributed by atoms with Crippen LogP contribution in [0.5, 0.6) is 0 Å². The van der Waals surface area contributed by atoms with Crippen molar-refractivity contribution in [2.75, 3.05) is 37.4 Å². The van der Waals surface area contributed by atoms with Gasteiger partial charge in [0.2, 0.25) is 5.95 Å². The third kappa shape index (κ3) is 3.79. The van der Waals surface area contributed by atoms with Gasteiger partial charge in [-0.25, -0.2) is 9.97 Å². The van der Waals surface area contributed by atoms with E-state index in [0.717, 1.165) is 30.9 Å². The standard InChI is InChI=1S/C19H25N5O/c1-13-11-16(22-19(21-13)20-9-10-23(3)4)18(25)24-14(2)12-15-7-5-6-8-17(15)24/h5-8,11,14H,9-10,12H2,1-4H3,(H,20,21,22). The minimum atomic E-state index is -0.0707. The number of nitrogens with one attached hydrogen (secondary N) is 1. The minimum absolute atomic E-state index is 0.0707. The van der Waals surface area contributed by atoms with Crippen LogP contribution in [0.3, 0.4) is 0 Å². The maximum absolute atomic E-state index is 13.1. The lowest BCUT2D eigenvalue weighted by atomic mass is 10.1. The third-order valence-corrected chi connectivity index (χ3v) is 4.34. The summed E-state index contributed by atoms with van der Waals surface area (Å²) in [5.41, 5.74) is 3.41. The molecule has 0 aliphatic carbocycles. The Hall–Kier alpha value is -2.47. The maximum Gasteiger partial charge on any atom is 0.277 e. The van der Waals surface area contributed by atoms with E-state index in [4.69, 9.17) is 0 Å². The highest BCUT2D eigenvalue weighted by Gasteiger charge is 2.32. The lowest BCUT2D eigenvalue weighted by Gasteiger charge is -2.22. The van der Waals surface area contributed by atoms with Crippen LogP contribution in [-0.2, 0) is 6.42 Å². The van der Waals surface area contributed by atoms with Gasteiger partial charge in [-0.15, -0.1) is 0 Å². The van der Waals surface area contributed by atoms with Crippen molar-refractivity contribution in [3.8, 4) is 0 Å². The normalized spacial score (nSPS) is 16.2. The van der Waals surface area contributed by atoms with Crippen LogP contribution < -0.4 is 10.2 Å². The third-order valence-electron chi connectivity index (χ3n) is 4.34. The average molecular weight is 339 g/mol. The number of aromatic nitrogens is 2. The van der Waals surface area contributed by atoms with Crippen molar-refractivity contribution in [2.45, 2.75) is 26.3 Å². The molecule has 1 unspecified atom stereocenters. The minimum Gasteiger partial charge on any atom is -0.353 e. The molecule has 0 saturated carbocycles. The van der Waals surface area contributed by atoms with Crippen molar-refractivity contribution in [3.05, 3.63) is 47.3 Å². The molecule has 1 aromatic heterocycles. The molecule has 3 rings (SSSR count). The smallest absolute Gasteiger partial charge is 0.277 e. The molecule has 1 atom stereocenters. The van der Waals surface area contributed by atoms with Gasteiger partial charge in [-0.2, -0.15) is 0 Å². The van der Waals surface area contributed by atoms with Gasteiger partial charge in [-0.3, -0.25) is 4.79 Å². The van der Waals surface area contributed by atoms with Crippen LogP contribution in [0, 0.1) is 6.92 Å². The van der Waals surface area contributed by atoms with E-state index in [1.54, 1.807) is 6.07 Å². The summed E-state index contributed by atoms with van der Waals surface area (Å²) < 4.78 is 0. The number of carbonyl (C=O) groups is 1. The Kier molecular flexibility index (Phi) is 4.99. The number of rotatable bonds is 5. The largest absolute Gasteiger partial charge is 0.353 e. The number of hydrogen-bond donors (Lipinski definition) is 1. The van der Waals surface area contributed by atoms with E-state index in [1.807, 2.05) is 44.1 Å². The predicted molar refractivity (Wildman–Crippen MR) is 100 cm³/mol. The van der Waals surface area contributed by atoms with Crippen molar-refractivity contribution < 1.29 is 4.79 Å². The lowest BCUT2D eigenvalue weighted by molar-refractivity contribution is 0.0976. The first kappa shape index (κ1) is 17.4. The summed E-state index contributed by atoms with van der Waals surface area (Å²) in [6.07, 6.45) is 0.875. The summed E-state index contributed by atoms with van der Waals surface area (Å²) >= 11 is 0. The fourth-order valence-electron chi connectivity index (χ4n) is 3.15. The van der Waals surface area contributed by atoms with Gasteiger partial charge in [0.25, 0.3) is 5.91 Å². The monoisotopic (exact) mass is 339 g/mol. The zero-order valence-electron chi connectivity index (χ0n) is 15.3. The van der Waals surface area contributed by atoms with Gasteiger partial charge in [0.15, 0.2) is 0 Å². The predicted octanol–water partition coefficient (Wildman–Crippen LogP) is 2.35. The molecule has 2 aromatic rings. The van der Waals surface area contributed by atoms with Crippen molar-refractivity contribution in [1.82, 2.24) is 14.9 Å². The molecule has 25 heavy (non-hydrogen) atoms. The lowest BCUT2D eigenvalue weighted by Crippen LogP contribution is -2.36. The number of fused-ring (bicyclic) bond motifs is 1. The molecule has 2 heterocycles. The number of amides is 1. The highest BCUT2D eigenvalue weighted by atomic mass is 16.2. The van der Waals surface area contributed by atoms with Gasteiger partial charge in [0.1, 0.15) is 5.69 Å². The van der Waals surface area contributed by atoms with Gasteiger partial charge in [0, 0.05) is 30.5 Å². The average Bonchev–Trinajstić information content (AvgIpc) is 2.89. The summed E-state index contributed by atoms with van der Waals surface area (Å²) in [6.45, 7) is 5.56. The van der Waals surface area contributed by atoms with Crippen molar-refractivity contribution in [2.24, 2.45) is 0 Å². The topological polar surface area (TPSA) is 61.4 Å². The molecule has 0 spiro atoms. The summed E-state index contributed by atoms with van der Waals surface area (Å²) in [5.74, 6) is 0.434. The van der Waals surface area contributed by atoms with Crippen molar-refractivity contribution in [1.29, 1.82) is 0 Å². The van der Waals surface area contributed by atoms with E-state index < -0.39 is 0 Å². The van der Waals surface area contributed by atoms with E-state index >= 15 is 0 Å². The number of likely N-dealkylation sites (N-methyl/N-ethyl adjacent to an activating group) is 1. The van der Waals surface area contributed by atoms with Crippen LogP contribution in [0.1, 0.15) is 28.7 Å². The molecule has 1 aliphatic rings. The quantitative estimate of drug-likeness (QED) is 0.906. The number of hydrogen-bond acceptors (Lipinski definition) is 5. The van der Waals surface area contributed by atoms with Crippen molar-refractivity contribution in [3.63, 3.8) is 0 Å². The molecular formula is C19H25N5O. The van der Waals surface area contributed by atoms with E-state index in [9.17, 15) is 4.79 Å². The second-order valence-corrected chi connectivity index (χ2v) is 6.81. The molecule has 132 valence electrons. The van der Waals surface area contributed by atoms with Crippen LogP contribution in [0.25, 0.3) is 0 Å². The zero-order chi connectivity index (χ0) is 18.0. The van der Waals surface area contributed by atoms with Gasteiger partial charge in [-0.1, -0.05) is 18.2 Å². The molecule has 1 amide bonds. The SMILES string of the molecule is Cc1cc(C(=O)N2c3ccccc3CC2C)nc(NCCN(C)C)n1. The highest BCUT2D eigenvalue weighted by Crippen LogP contribution is 2.32. The molecule has 1 aliphatic heterocycles. The van der Waals surface area contributed by atoms with Gasteiger partial charge >= 0.3 is 0 Å². The Morgan fingerprint density at radius 2 is 2.08 bits per heavy atom. The maximum atomic E-state index is 13.1. The zero-order valence-corrected chi connectivity index (χ0v) is 15.3. The fourth-order valence-corrected chi connectivity index (χ4v) is 3.15. The van der Waals surface area contributed by atoms with Crippen molar-refractivity contribution >= 4 is 17.5 Å². The molecule has 1 N–H and O–H groups in total. The molecule has 0 saturated heterocycles. The van der Waals surface area contributed by atoms with E-state index in [-0.39, 0.29) is 11.9 Å². The van der Waals surface area contributed by atoms with Gasteiger partial charge in [-0.05, 0) is 52.1 Å². The van der Waals surface area contributed by atoms with Crippen LogP contribution in [0.2, 0.25) is 0 Å². The van der Waals surface area contributed by atoms with E-state index in [2.05, 4.69) is 33.2 Å². The first-order chi connectivity index (χ1) is 12.0. The molecule has 1 aromatic carbocycles. The molecule has 0 bridgehead atoms. The molecule has 0 radical (unpaired) electrons. The summed E-state index contributed by atoms with van der Waals surface area (Å²) in [6, 6.07) is 9.95. The molecular weight excluding hydrogens is 314 g/mol. The number of anilines is 2. The van der Waals surface area contributed by atoms with Gasteiger partial charge < -0.3 is 15.1 Å². The first-order valence-corrected chi connectivity index (χ1v) is 8.61. The van der Waals surface area contributed by atoms with E-state index in [0.29, 0.717) is 11.6 Å². The number of para-hydroxylation sites is 1. The summed E-state index contributed by atoms with van der Waals surface area (Å²) in [4.78, 5) is 25.9. The highest BCUT2D eigenvalue weighted by molar-refractivity contribution is 6.06. The molecule has 0 fully saturated rings. The van der Waals surface area contributed by atoms with Crippen LogP contribution in [0.15, 0.2) is 30.3 Å². The van der Waals surface area contributed by atoms with Crippen LogP contribution in [-0.4, -0.2) is 54.0 Å². The molecule has 6 heteroatoms. The summed E-state index contributed by atoms with van der Waals surface area (Å²) in [5, 5.41) is 3.20. The Labute approximate surface area is 148 Å². The van der Waals surface area contributed by atoms with E-state index in [1.165, 1.54) is 5.56 Å².